The fraction of sp³-hybridized carbons (Fsp3) is 1.00. The van der Waals surface area contributed by atoms with Gasteiger partial charge in [-0.1, -0.05) is 0 Å². The average Bonchev–Trinajstić information content (AvgIpc) is 2.47. The third kappa shape index (κ3) is 2.10. The van der Waals surface area contributed by atoms with Crippen LogP contribution in [0.25, 0.3) is 0 Å². The van der Waals surface area contributed by atoms with Gasteiger partial charge >= 0.3 is 0 Å². The van der Waals surface area contributed by atoms with Crippen LogP contribution < -0.4 is 5.32 Å². The van der Waals surface area contributed by atoms with Crippen LogP contribution in [-0.4, -0.2) is 31.1 Å². The number of rotatable bonds is 0. The molecule has 4 nitrogen and oxygen atoms in total. The molecule has 1 N–H and O–H groups in total. The van der Waals surface area contributed by atoms with Crippen LogP contribution in [0.2, 0.25) is 0 Å². The molecule has 2 saturated heterocycles. The first-order valence-corrected chi connectivity index (χ1v) is 8.50. The summed E-state index contributed by atoms with van der Waals surface area (Å²) in [6.45, 7) is 2.75. The Balaban J connectivity index is 0.00000115. The maximum atomic E-state index is 6.46. The van der Waals surface area contributed by atoms with E-state index < -0.39 is 0 Å². The lowest BCUT2D eigenvalue weighted by Crippen LogP contribution is -2.66. The molecule has 0 atom stereocenters. The van der Waals surface area contributed by atoms with Crippen molar-refractivity contribution in [2.75, 3.05) is 19.7 Å². The predicted molar refractivity (Wildman–Crippen MR) is 80.0 cm³/mol. The predicted octanol–water partition coefficient (Wildman–Crippen LogP) is 2.66. The second-order valence-electron chi connectivity index (χ2n) is 7.91. The highest BCUT2D eigenvalue weighted by atomic mass is 35.5. The van der Waals surface area contributed by atoms with Gasteiger partial charge in [-0.25, -0.2) is 4.89 Å². The van der Waals surface area contributed by atoms with Crippen LogP contribution in [0, 0.1) is 23.7 Å². The molecule has 2 heterocycles. The maximum Gasteiger partial charge on any atom is 0.207 e. The zero-order valence-electron chi connectivity index (χ0n) is 12.5. The van der Waals surface area contributed by atoms with Crippen LogP contribution in [0.1, 0.15) is 44.9 Å². The monoisotopic (exact) mass is 315 g/mol. The quantitative estimate of drug-likeness (QED) is 0.698. The summed E-state index contributed by atoms with van der Waals surface area (Å²) in [6.07, 6.45) is 8.65. The Morgan fingerprint density at radius 1 is 0.810 bits per heavy atom. The fourth-order valence-corrected chi connectivity index (χ4v) is 5.77. The Kier molecular flexibility index (Phi) is 3.55. The highest BCUT2D eigenvalue weighted by Crippen LogP contribution is 2.61. The van der Waals surface area contributed by atoms with Gasteiger partial charge in [0.15, 0.2) is 0 Å². The lowest BCUT2D eigenvalue weighted by Gasteiger charge is -2.61. The molecule has 2 spiro atoms. The Morgan fingerprint density at radius 3 is 1.95 bits per heavy atom. The molecule has 4 bridgehead atoms. The SMILES string of the molecule is C1CC2(CCN1)COC1(OO2)C2CC3CC(C2)CC1C3.Cl. The molecule has 4 saturated carbocycles. The first-order chi connectivity index (χ1) is 9.78. The zero-order chi connectivity index (χ0) is 13.2. The van der Waals surface area contributed by atoms with E-state index in [2.05, 4.69) is 5.32 Å². The van der Waals surface area contributed by atoms with Crippen molar-refractivity contribution in [2.24, 2.45) is 23.7 Å². The van der Waals surface area contributed by atoms with Gasteiger partial charge in [0, 0.05) is 11.8 Å². The van der Waals surface area contributed by atoms with E-state index in [9.17, 15) is 0 Å². The average molecular weight is 316 g/mol. The molecule has 5 heteroatoms. The van der Waals surface area contributed by atoms with Crippen molar-refractivity contribution in [3.63, 3.8) is 0 Å². The van der Waals surface area contributed by atoms with Crippen LogP contribution in [0.5, 0.6) is 0 Å². The largest absolute Gasteiger partial charge is 0.344 e. The Labute approximate surface area is 132 Å². The third-order valence-electron chi connectivity index (χ3n) is 6.70. The Hall–Kier alpha value is 0.130. The standard InChI is InChI=1S/C16H25NO3.ClH/c1-3-17-4-2-15(1)10-18-16(20-19-15)13-6-11-5-12(8-13)9-14(16)7-11;/h11-14,17H,1-10H2;1H. The van der Waals surface area contributed by atoms with E-state index in [0.717, 1.165) is 44.4 Å². The summed E-state index contributed by atoms with van der Waals surface area (Å²) in [7, 11) is 0. The molecule has 0 aromatic carbocycles. The normalized spacial score (nSPS) is 50.3. The summed E-state index contributed by atoms with van der Waals surface area (Å²) in [6, 6.07) is 0. The van der Waals surface area contributed by atoms with Crippen LogP contribution in [0.4, 0.5) is 0 Å². The highest BCUT2D eigenvalue weighted by molar-refractivity contribution is 5.85. The van der Waals surface area contributed by atoms with Crippen molar-refractivity contribution in [3.05, 3.63) is 0 Å². The molecule has 6 fully saturated rings. The van der Waals surface area contributed by atoms with Crippen molar-refractivity contribution in [2.45, 2.75) is 56.3 Å². The summed E-state index contributed by atoms with van der Waals surface area (Å²) in [5, 5.41) is 3.39. The van der Waals surface area contributed by atoms with E-state index in [1.54, 1.807) is 0 Å². The van der Waals surface area contributed by atoms with E-state index in [1.807, 2.05) is 0 Å². The van der Waals surface area contributed by atoms with Crippen LogP contribution in [-0.2, 0) is 14.5 Å². The molecule has 120 valence electrons. The minimum absolute atomic E-state index is 0. The molecule has 0 radical (unpaired) electrons. The smallest absolute Gasteiger partial charge is 0.207 e. The number of ether oxygens (including phenoxy) is 1. The molecule has 0 unspecified atom stereocenters. The summed E-state index contributed by atoms with van der Waals surface area (Å²) in [5.74, 6) is 2.65. The number of nitrogens with one attached hydrogen (secondary N) is 1. The molecule has 4 aliphatic carbocycles. The lowest BCUT2D eigenvalue weighted by molar-refractivity contribution is -0.547. The fourth-order valence-electron chi connectivity index (χ4n) is 5.77. The summed E-state index contributed by atoms with van der Waals surface area (Å²) in [5.41, 5.74) is -0.175. The molecule has 0 amide bonds. The van der Waals surface area contributed by atoms with Crippen molar-refractivity contribution >= 4 is 12.4 Å². The third-order valence-corrected chi connectivity index (χ3v) is 6.70. The van der Waals surface area contributed by atoms with Gasteiger partial charge in [-0.15, -0.1) is 12.4 Å². The van der Waals surface area contributed by atoms with Gasteiger partial charge in [0.2, 0.25) is 5.79 Å². The van der Waals surface area contributed by atoms with E-state index in [4.69, 9.17) is 14.5 Å². The molecular formula is C16H26ClNO3. The van der Waals surface area contributed by atoms with Crippen molar-refractivity contribution in [3.8, 4) is 0 Å². The molecule has 21 heavy (non-hydrogen) atoms. The first-order valence-electron chi connectivity index (χ1n) is 8.50. The molecular weight excluding hydrogens is 290 g/mol. The zero-order valence-corrected chi connectivity index (χ0v) is 13.3. The van der Waals surface area contributed by atoms with Crippen LogP contribution >= 0.6 is 12.4 Å². The van der Waals surface area contributed by atoms with Crippen molar-refractivity contribution in [1.82, 2.24) is 5.32 Å². The van der Waals surface area contributed by atoms with Gasteiger partial charge in [0.25, 0.3) is 0 Å². The van der Waals surface area contributed by atoms with Gasteiger partial charge in [-0.2, -0.15) is 4.89 Å². The first kappa shape index (κ1) is 14.7. The number of hydrogen-bond acceptors (Lipinski definition) is 4. The van der Waals surface area contributed by atoms with Gasteiger partial charge in [-0.05, 0) is 69.9 Å². The van der Waals surface area contributed by atoms with Crippen molar-refractivity contribution < 1.29 is 14.5 Å². The second-order valence-corrected chi connectivity index (χ2v) is 7.91. The number of halogens is 1. The minimum atomic E-state index is -0.385. The topological polar surface area (TPSA) is 39.7 Å². The molecule has 6 aliphatic rings. The van der Waals surface area contributed by atoms with Gasteiger partial charge in [0.1, 0.15) is 5.60 Å². The lowest BCUT2D eigenvalue weighted by atomic mass is 9.53. The number of piperidine rings is 1. The summed E-state index contributed by atoms with van der Waals surface area (Å²) < 4.78 is 6.46. The summed E-state index contributed by atoms with van der Waals surface area (Å²) in [4.78, 5) is 12.1. The van der Waals surface area contributed by atoms with Crippen molar-refractivity contribution in [1.29, 1.82) is 0 Å². The van der Waals surface area contributed by atoms with E-state index in [0.29, 0.717) is 11.8 Å². The molecule has 2 aliphatic heterocycles. The summed E-state index contributed by atoms with van der Waals surface area (Å²) >= 11 is 0. The highest BCUT2D eigenvalue weighted by Gasteiger charge is 2.63. The van der Waals surface area contributed by atoms with Gasteiger partial charge in [-0.3, -0.25) is 0 Å². The van der Waals surface area contributed by atoms with E-state index in [-0.39, 0.29) is 23.8 Å². The van der Waals surface area contributed by atoms with Crippen LogP contribution in [0.15, 0.2) is 0 Å². The van der Waals surface area contributed by atoms with Gasteiger partial charge < -0.3 is 10.1 Å². The van der Waals surface area contributed by atoms with E-state index >= 15 is 0 Å². The molecule has 6 rings (SSSR count). The van der Waals surface area contributed by atoms with E-state index in [1.165, 1.54) is 32.1 Å². The van der Waals surface area contributed by atoms with Crippen LogP contribution in [0.3, 0.4) is 0 Å². The molecule has 0 aromatic heterocycles. The minimum Gasteiger partial charge on any atom is -0.344 e. The maximum absolute atomic E-state index is 6.46. The Bertz CT molecular complexity index is 370. The molecule has 0 aromatic rings. The Morgan fingerprint density at radius 2 is 1.43 bits per heavy atom. The van der Waals surface area contributed by atoms with Gasteiger partial charge in [0.05, 0.1) is 6.61 Å². The number of hydrogen-bond donors (Lipinski definition) is 1. The second kappa shape index (κ2) is 5.07.